The lowest BCUT2D eigenvalue weighted by molar-refractivity contribution is 0.303. The second-order valence-corrected chi connectivity index (χ2v) is 7.93. The van der Waals surface area contributed by atoms with Crippen LogP contribution < -0.4 is 4.74 Å². The minimum Gasteiger partial charge on any atom is -0.494 e. The molecule has 1 saturated carbocycles. The lowest BCUT2D eigenvalue weighted by Crippen LogP contribution is -2.13. The largest absolute Gasteiger partial charge is 0.494 e. The molecule has 2 aromatic rings. The van der Waals surface area contributed by atoms with E-state index in [1.165, 1.54) is 70.1 Å². The van der Waals surface area contributed by atoms with Crippen molar-refractivity contribution >= 4 is 0 Å². The number of rotatable bonds is 6. The van der Waals surface area contributed by atoms with Gasteiger partial charge >= 0.3 is 0 Å². The average Bonchev–Trinajstić information content (AvgIpc) is 2.73. The molecule has 0 radical (unpaired) electrons. The van der Waals surface area contributed by atoms with Gasteiger partial charge in [0.1, 0.15) is 0 Å². The first-order valence-electron chi connectivity index (χ1n) is 10.6. The van der Waals surface area contributed by atoms with Gasteiger partial charge in [0, 0.05) is 11.1 Å². The van der Waals surface area contributed by atoms with E-state index < -0.39 is 0 Å². The SMILES string of the molecule is CCCCCC1CCC(c2ccc(C#Cc3ccc(OC)c(F)c3)cc2)CC1. The van der Waals surface area contributed by atoms with Crippen molar-refractivity contribution in [2.24, 2.45) is 5.92 Å². The van der Waals surface area contributed by atoms with Crippen LogP contribution in [0.25, 0.3) is 0 Å². The summed E-state index contributed by atoms with van der Waals surface area (Å²) in [6, 6.07) is 13.4. The van der Waals surface area contributed by atoms with Crippen LogP contribution in [-0.4, -0.2) is 7.11 Å². The Labute approximate surface area is 169 Å². The highest BCUT2D eigenvalue weighted by Crippen LogP contribution is 2.37. The smallest absolute Gasteiger partial charge is 0.166 e. The summed E-state index contributed by atoms with van der Waals surface area (Å²) in [6.45, 7) is 2.28. The molecule has 148 valence electrons. The zero-order chi connectivity index (χ0) is 19.8. The van der Waals surface area contributed by atoms with Crippen LogP contribution in [0.2, 0.25) is 0 Å². The van der Waals surface area contributed by atoms with Gasteiger partial charge in [-0.3, -0.25) is 0 Å². The fourth-order valence-corrected chi connectivity index (χ4v) is 4.19. The van der Waals surface area contributed by atoms with E-state index in [1.54, 1.807) is 12.1 Å². The Bertz CT molecular complexity index is 805. The monoisotopic (exact) mass is 378 g/mol. The van der Waals surface area contributed by atoms with Gasteiger partial charge < -0.3 is 4.74 Å². The van der Waals surface area contributed by atoms with E-state index in [-0.39, 0.29) is 11.6 Å². The summed E-state index contributed by atoms with van der Waals surface area (Å²) >= 11 is 0. The Kier molecular flexibility index (Phi) is 7.54. The Hall–Kier alpha value is -2.27. The molecule has 0 aromatic heterocycles. The average molecular weight is 379 g/mol. The van der Waals surface area contributed by atoms with Crippen molar-refractivity contribution in [1.29, 1.82) is 0 Å². The quantitative estimate of drug-likeness (QED) is 0.385. The highest BCUT2D eigenvalue weighted by atomic mass is 19.1. The Morgan fingerprint density at radius 3 is 2.25 bits per heavy atom. The first-order valence-corrected chi connectivity index (χ1v) is 10.6. The third-order valence-electron chi connectivity index (χ3n) is 5.95. The second kappa shape index (κ2) is 10.3. The van der Waals surface area contributed by atoms with Gasteiger partial charge in [0.15, 0.2) is 11.6 Å². The molecule has 0 N–H and O–H groups in total. The Balaban J connectivity index is 1.55. The molecule has 3 rings (SSSR count). The molecule has 2 heteroatoms. The fourth-order valence-electron chi connectivity index (χ4n) is 4.19. The normalized spacial score (nSPS) is 19.0. The maximum atomic E-state index is 13.8. The standard InChI is InChI=1S/C26H31FO/c1-3-4-5-6-20-9-14-23(15-10-20)24-16-11-21(12-17-24)7-8-22-13-18-26(28-2)25(27)19-22/h11-13,16-20,23H,3-6,9-10,14-15H2,1-2H3. The van der Waals surface area contributed by atoms with E-state index in [0.717, 1.165) is 11.5 Å². The predicted octanol–water partition coefficient (Wildman–Crippen LogP) is 7.09. The highest BCUT2D eigenvalue weighted by molar-refractivity contribution is 5.45. The molecule has 1 aliphatic carbocycles. The van der Waals surface area contributed by atoms with Gasteiger partial charge in [-0.25, -0.2) is 4.39 Å². The van der Waals surface area contributed by atoms with E-state index in [0.29, 0.717) is 11.5 Å². The summed E-state index contributed by atoms with van der Waals surface area (Å²) in [7, 11) is 1.46. The van der Waals surface area contributed by atoms with Gasteiger partial charge in [-0.15, -0.1) is 0 Å². The number of methoxy groups -OCH3 is 1. The van der Waals surface area contributed by atoms with Crippen LogP contribution in [0.15, 0.2) is 42.5 Å². The van der Waals surface area contributed by atoms with Gasteiger partial charge in [0.05, 0.1) is 7.11 Å². The number of ether oxygens (including phenoxy) is 1. The number of hydrogen-bond acceptors (Lipinski definition) is 1. The number of unbranched alkanes of at least 4 members (excludes halogenated alkanes) is 2. The summed E-state index contributed by atoms with van der Waals surface area (Å²) < 4.78 is 18.7. The van der Waals surface area contributed by atoms with E-state index in [1.807, 2.05) is 0 Å². The second-order valence-electron chi connectivity index (χ2n) is 7.93. The van der Waals surface area contributed by atoms with E-state index in [4.69, 9.17) is 4.74 Å². The van der Waals surface area contributed by atoms with Crippen molar-refractivity contribution in [2.75, 3.05) is 7.11 Å². The van der Waals surface area contributed by atoms with E-state index >= 15 is 0 Å². The molecule has 28 heavy (non-hydrogen) atoms. The van der Waals surface area contributed by atoms with E-state index in [2.05, 4.69) is 43.0 Å². The maximum Gasteiger partial charge on any atom is 0.166 e. The molecule has 0 spiro atoms. The van der Waals surface area contributed by atoms with Crippen molar-refractivity contribution in [3.05, 3.63) is 65.0 Å². The topological polar surface area (TPSA) is 9.23 Å². The molecule has 1 fully saturated rings. The first-order chi connectivity index (χ1) is 13.7. The predicted molar refractivity (Wildman–Crippen MR) is 114 cm³/mol. The summed E-state index contributed by atoms with van der Waals surface area (Å²) in [5.41, 5.74) is 3.06. The highest BCUT2D eigenvalue weighted by Gasteiger charge is 2.21. The van der Waals surface area contributed by atoms with Gasteiger partial charge in [0.2, 0.25) is 0 Å². The molecule has 0 aliphatic heterocycles. The molecule has 1 aliphatic rings. The van der Waals surface area contributed by atoms with Crippen LogP contribution in [0, 0.1) is 23.6 Å². The molecule has 0 amide bonds. The molecule has 0 atom stereocenters. The lowest BCUT2D eigenvalue weighted by Gasteiger charge is -2.29. The van der Waals surface area contributed by atoms with Crippen LogP contribution in [0.5, 0.6) is 5.75 Å². The van der Waals surface area contributed by atoms with Crippen LogP contribution in [-0.2, 0) is 0 Å². The number of hydrogen-bond donors (Lipinski definition) is 0. The Morgan fingerprint density at radius 2 is 1.61 bits per heavy atom. The molecule has 2 aromatic carbocycles. The number of halogens is 1. The fraction of sp³-hybridized carbons (Fsp3) is 0.462. The molecule has 0 saturated heterocycles. The van der Waals surface area contributed by atoms with Crippen molar-refractivity contribution in [3.8, 4) is 17.6 Å². The first kappa shape index (κ1) is 20.5. The number of benzene rings is 2. The van der Waals surface area contributed by atoms with Gasteiger partial charge in [-0.1, -0.05) is 56.6 Å². The Morgan fingerprint density at radius 1 is 0.929 bits per heavy atom. The van der Waals surface area contributed by atoms with Gasteiger partial charge in [-0.05, 0) is 73.4 Å². The van der Waals surface area contributed by atoms with Gasteiger partial charge in [-0.2, -0.15) is 0 Å². The van der Waals surface area contributed by atoms with Crippen molar-refractivity contribution in [1.82, 2.24) is 0 Å². The van der Waals surface area contributed by atoms with Crippen LogP contribution in [0.4, 0.5) is 4.39 Å². The van der Waals surface area contributed by atoms with Crippen LogP contribution in [0.3, 0.4) is 0 Å². The third-order valence-corrected chi connectivity index (χ3v) is 5.95. The molecular weight excluding hydrogens is 347 g/mol. The maximum absolute atomic E-state index is 13.8. The molecule has 0 heterocycles. The minimum atomic E-state index is -0.380. The summed E-state index contributed by atoms with van der Waals surface area (Å²) in [4.78, 5) is 0. The van der Waals surface area contributed by atoms with E-state index in [9.17, 15) is 4.39 Å². The van der Waals surface area contributed by atoms with Crippen molar-refractivity contribution in [3.63, 3.8) is 0 Å². The van der Waals surface area contributed by atoms with Gasteiger partial charge in [0.25, 0.3) is 0 Å². The third kappa shape index (κ3) is 5.61. The zero-order valence-electron chi connectivity index (χ0n) is 17.1. The van der Waals surface area contributed by atoms with Crippen LogP contribution in [0.1, 0.15) is 80.9 Å². The zero-order valence-corrected chi connectivity index (χ0v) is 17.1. The molecule has 1 nitrogen and oxygen atoms in total. The van der Waals surface area contributed by atoms with Crippen molar-refractivity contribution in [2.45, 2.75) is 64.2 Å². The van der Waals surface area contributed by atoms with Crippen molar-refractivity contribution < 1.29 is 9.13 Å². The summed E-state index contributed by atoms with van der Waals surface area (Å²) in [5, 5.41) is 0. The van der Waals surface area contributed by atoms with Crippen LogP contribution >= 0.6 is 0 Å². The summed E-state index contributed by atoms with van der Waals surface area (Å²) in [6.07, 6.45) is 10.9. The minimum absolute atomic E-state index is 0.245. The lowest BCUT2D eigenvalue weighted by atomic mass is 9.77. The molecule has 0 unspecified atom stereocenters. The summed E-state index contributed by atoms with van der Waals surface area (Å²) in [5.74, 6) is 7.67. The molecule has 0 bridgehead atoms. The molecular formula is C26H31FO.